The predicted molar refractivity (Wildman–Crippen MR) is 43.1 cm³/mol. The number of carbonyl (C=O) groups is 1. The highest BCUT2D eigenvalue weighted by Gasteiger charge is 2.40. The van der Waals surface area contributed by atoms with E-state index in [9.17, 15) is 4.79 Å². The molecular weight excluding hydrogens is 174 g/mol. The molecule has 1 fully saturated rings. The minimum atomic E-state index is -1.01. The summed E-state index contributed by atoms with van der Waals surface area (Å²) in [5, 5.41) is 10.9. The molecule has 1 spiro atoms. The van der Waals surface area contributed by atoms with Crippen LogP contribution in [0, 0.1) is 0 Å². The van der Waals surface area contributed by atoms with Crippen LogP contribution in [0.2, 0.25) is 0 Å². The number of rotatable bonds is 1. The van der Waals surface area contributed by atoms with Gasteiger partial charge in [-0.2, -0.15) is 0 Å². The van der Waals surface area contributed by atoms with E-state index in [1.807, 2.05) is 12.2 Å². The third-order valence-corrected chi connectivity index (χ3v) is 2.34. The van der Waals surface area contributed by atoms with E-state index in [0.717, 1.165) is 6.42 Å². The highest BCUT2D eigenvalue weighted by atomic mass is 17.2. The standard InChI is InChI=1S/C8H11NO4/c10-7(11)9-6-1-2-8(5-6)3-4-12-13-8/h1-2,6,9H,3-5H2,(H,10,11)/t6-,8-/m1/s1. The van der Waals surface area contributed by atoms with Gasteiger partial charge in [0.05, 0.1) is 12.6 Å². The van der Waals surface area contributed by atoms with Gasteiger partial charge in [0.1, 0.15) is 5.60 Å². The van der Waals surface area contributed by atoms with Gasteiger partial charge in [-0.1, -0.05) is 12.2 Å². The van der Waals surface area contributed by atoms with Crippen LogP contribution in [-0.4, -0.2) is 29.4 Å². The zero-order valence-electron chi connectivity index (χ0n) is 7.03. The fourth-order valence-corrected chi connectivity index (χ4v) is 1.72. The molecular formula is C8H11NO4. The molecule has 13 heavy (non-hydrogen) atoms. The minimum Gasteiger partial charge on any atom is -0.465 e. The molecule has 2 rings (SSSR count). The Morgan fingerprint density at radius 1 is 1.69 bits per heavy atom. The summed E-state index contributed by atoms with van der Waals surface area (Å²) in [6, 6.07) is -0.154. The van der Waals surface area contributed by atoms with Gasteiger partial charge in [-0.25, -0.2) is 14.6 Å². The second-order valence-corrected chi connectivity index (χ2v) is 3.34. The number of hydrogen-bond donors (Lipinski definition) is 2. The molecule has 1 aliphatic heterocycles. The highest BCUT2D eigenvalue weighted by Crippen LogP contribution is 2.34. The number of nitrogens with one attached hydrogen (secondary N) is 1. The molecule has 1 amide bonds. The normalized spacial score (nSPS) is 37.1. The van der Waals surface area contributed by atoms with Gasteiger partial charge in [0.15, 0.2) is 0 Å². The maximum Gasteiger partial charge on any atom is 0.405 e. The minimum absolute atomic E-state index is 0.154. The summed E-state index contributed by atoms with van der Waals surface area (Å²) in [6.07, 6.45) is 4.09. The molecule has 0 radical (unpaired) electrons. The van der Waals surface area contributed by atoms with Gasteiger partial charge >= 0.3 is 6.09 Å². The van der Waals surface area contributed by atoms with Crippen molar-refractivity contribution in [1.82, 2.24) is 5.32 Å². The summed E-state index contributed by atoms with van der Waals surface area (Å²) in [4.78, 5) is 20.2. The lowest BCUT2D eigenvalue weighted by Gasteiger charge is -2.18. The Balaban J connectivity index is 1.94. The van der Waals surface area contributed by atoms with Crippen LogP contribution in [-0.2, 0) is 9.78 Å². The Hall–Kier alpha value is -1.07. The Morgan fingerprint density at radius 3 is 3.15 bits per heavy atom. The summed E-state index contributed by atoms with van der Waals surface area (Å²) in [5.74, 6) is 0. The van der Waals surface area contributed by atoms with Crippen molar-refractivity contribution in [3.63, 3.8) is 0 Å². The number of amides is 1. The second-order valence-electron chi connectivity index (χ2n) is 3.34. The van der Waals surface area contributed by atoms with Crippen molar-refractivity contribution in [2.45, 2.75) is 24.5 Å². The highest BCUT2D eigenvalue weighted by molar-refractivity contribution is 5.65. The summed E-state index contributed by atoms with van der Waals surface area (Å²) in [5.41, 5.74) is -0.382. The first kappa shape index (κ1) is 8.52. The smallest absolute Gasteiger partial charge is 0.405 e. The maximum atomic E-state index is 10.3. The van der Waals surface area contributed by atoms with E-state index in [1.165, 1.54) is 0 Å². The molecule has 0 saturated carbocycles. The lowest BCUT2D eigenvalue weighted by atomic mass is 9.99. The largest absolute Gasteiger partial charge is 0.465 e. The summed E-state index contributed by atoms with van der Waals surface area (Å²) < 4.78 is 0. The van der Waals surface area contributed by atoms with E-state index in [2.05, 4.69) is 5.32 Å². The molecule has 2 aliphatic rings. The van der Waals surface area contributed by atoms with Crippen LogP contribution in [0.15, 0.2) is 12.2 Å². The molecule has 1 aliphatic carbocycles. The molecule has 0 aromatic heterocycles. The molecule has 0 unspecified atom stereocenters. The van der Waals surface area contributed by atoms with E-state index in [1.54, 1.807) is 0 Å². The third kappa shape index (κ3) is 1.66. The molecule has 5 heteroatoms. The zero-order chi connectivity index (χ0) is 9.31. The molecule has 2 N–H and O–H groups in total. The maximum absolute atomic E-state index is 10.3. The summed E-state index contributed by atoms with van der Waals surface area (Å²) in [6.45, 7) is 0.574. The van der Waals surface area contributed by atoms with Crippen LogP contribution >= 0.6 is 0 Å². The van der Waals surface area contributed by atoms with Crippen LogP contribution in [0.1, 0.15) is 12.8 Å². The Morgan fingerprint density at radius 2 is 2.54 bits per heavy atom. The molecule has 0 aromatic rings. The molecule has 1 heterocycles. The Kier molecular flexibility index (Phi) is 1.97. The van der Waals surface area contributed by atoms with Crippen LogP contribution < -0.4 is 5.32 Å². The van der Waals surface area contributed by atoms with Gasteiger partial charge in [0.2, 0.25) is 0 Å². The fourth-order valence-electron chi connectivity index (χ4n) is 1.72. The zero-order valence-corrected chi connectivity index (χ0v) is 7.03. The van der Waals surface area contributed by atoms with Crippen LogP contribution in [0.25, 0.3) is 0 Å². The van der Waals surface area contributed by atoms with Crippen molar-refractivity contribution in [3.8, 4) is 0 Å². The lowest BCUT2D eigenvalue weighted by molar-refractivity contribution is -0.296. The molecule has 2 atom stereocenters. The summed E-state index contributed by atoms with van der Waals surface area (Å²) in [7, 11) is 0. The van der Waals surface area contributed by atoms with Gasteiger partial charge in [0, 0.05) is 12.8 Å². The van der Waals surface area contributed by atoms with Crippen LogP contribution in [0.5, 0.6) is 0 Å². The second kappa shape index (κ2) is 3.01. The average molecular weight is 185 g/mol. The summed E-state index contributed by atoms with van der Waals surface area (Å²) >= 11 is 0. The van der Waals surface area contributed by atoms with Gasteiger partial charge in [-0.15, -0.1) is 0 Å². The molecule has 5 nitrogen and oxygen atoms in total. The Bertz CT molecular complexity index is 245. The van der Waals surface area contributed by atoms with E-state index >= 15 is 0 Å². The first-order chi connectivity index (χ1) is 6.20. The molecule has 0 bridgehead atoms. The van der Waals surface area contributed by atoms with Crippen molar-refractivity contribution >= 4 is 6.09 Å². The average Bonchev–Trinajstić information content (AvgIpc) is 2.63. The van der Waals surface area contributed by atoms with Crippen molar-refractivity contribution in [2.75, 3.05) is 6.61 Å². The molecule has 1 saturated heterocycles. The lowest BCUT2D eigenvalue weighted by Crippen LogP contribution is -2.35. The first-order valence-corrected chi connectivity index (χ1v) is 4.20. The fraction of sp³-hybridized carbons (Fsp3) is 0.625. The topological polar surface area (TPSA) is 67.8 Å². The van der Waals surface area contributed by atoms with Gasteiger partial charge in [-0.3, -0.25) is 0 Å². The molecule has 0 aromatic carbocycles. The predicted octanol–water partition coefficient (Wildman–Crippen LogP) is 0.673. The van der Waals surface area contributed by atoms with E-state index in [4.69, 9.17) is 14.9 Å². The van der Waals surface area contributed by atoms with Crippen molar-refractivity contribution in [2.24, 2.45) is 0 Å². The van der Waals surface area contributed by atoms with E-state index < -0.39 is 6.09 Å². The third-order valence-electron chi connectivity index (χ3n) is 2.34. The quantitative estimate of drug-likeness (QED) is 0.465. The first-order valence-electron chi connectivity index (χ1n) is 4.20. The monoisotopic (exact) mass is 185 g/mol. The SMILES string of the molecule is O=C(O)N[C@@H]1C=C[C@@]2(CCOO2)C1. The molecule has 72 valence electrons. The van der Waals surface area contributed by atoms with Crippen LogP contribution in [0.4, 0.5) is 4.79 Å². The van der Waals surface area contributed by atoms with E-state index in [0.29, 0.717) is 13.0 Å². The van der Waals surface area contributed by atoms with Crippen molar-refractivity contribution in [1.29, 1.82) is 0 Å². The van der Waals surface area contributed by atoms with Gasteiger partial charge in [0.25, 0.3) is 0 Å². The van der Waals surface area contributed by atoms with E-state index in [-0.39, 0.29) is 11.6 Å². The van der Waals surface area contributed by atoms with Crippen LogP contribution in [0.3, 0.4) is 0 Å². The van der Waals surface area contributed by atoms with Gasteiger partial charge < -0.3 is 10.4 Å². The Labute approximate surface area is 75.3 Å². The van der Waals surface area contributed by atoms with Gasteiger partial charge in [-0.05, 0) is 0 Å². The van der Waals surface area contributed by atoms with Crippen molar-refractivity contribution in [3.05, 3.63) is 12.2 Å². The number of carboxylic acid groups (broad SMARTS) is 1. The van der Waals surface area contributed by atoms with Crippen molar-refractivity contribution < 1.29 is 19.7 Å². The number of hydrogen-bond acceptors (Lipinski definition) is 3.